The number of carbonyl (C=O) groups excluding carboxylic acids is 2. The van der Waals surface area contributed by atoms with Crippen molar-refractivity contribution < 1.29 is 22.7 Å². The molecule has 0 fully saturated rings. The fourth-order valence-electron chi connectivity index (χ4n) is 3.43. The smallest absolute Gasteiger partial charge is 0.265 e. The maximum absolute atomic E-state index is 12.7. The van der Waals surface area contributed by atoms with Gasteiger partial charge in [-0.15, -0.1) is 0 Å². The van der Waals surface area contributed by atoms with E-state index in [9.17, 15) is 18.0 Å². The lowest BCUT2D eigenvalue weighted by atomic mass is 9.87. The molecule has 3 rings (SSSR count). The molecule has 0 aromatic heterocycles. The summed E-state index contributed by atoms with van der Waals surface area (Å²) < 4.78 is 30.2. The van der Waals surface area contributed by atoms with Crippen molar-refractivity contribution >= 4 is 38.9 Å². The van der Waals surface area contributed by atoms with Gasteiger partial charge in [0.1, 0.15) is 5.75 Å². The summed E-state index contributed by atoms with van der Waals surface area (Å²) in [6.45, 7) is 7.96. The van der Waals surface area contributed by atoms with Gasteiger partial charge in [-0.25, -0.2) is 8.42 Å². The van der Waals surface area contributed by atoms with E-state index in [1.54, 1.807) is 67.6 Å². The van der Waals surface area contributed by atoms with Crippen molar-refractivity contribution in [2.24, 2.45) is 0 Å². The summed E-state index contributed by atoms with van der Waals surface area (Å²) in [6, 6.07) is 20.8. The Bertz CT molecular complexity index is 1360. The molecule has 0 saturated carbocycles. The molecule has 0 aliphatic rings. The van der Waals surface area contributed by atoms with E-state index in [1.165, 1.54) is 7.05 Å². The normalized spacial score (nSPS) is 12.4. The Kier molecular flexibility index (Phi) is 8.28. The van der Waals surface area contributed by atoms with E-state index in [0.29, 0.717) is 28.4 Å². The molecule has 3 aromatic rings. The Labute approximate surface area is 218 Å². The second-order valence-corrected chi connectivity index (χ2v) is 11.8. The van der Waals surface area contributed by atoms with E-state index in [4.69, 9.17) is 4.74 Å². The maximum atomic E-state index is 12.7. The van der Waals surface area contributed by atoms with Crippen LogP contribution in [0.15, 0.2) is 72.8 Å². The molecule has 196 valence electrons. The van der Waals surface area contributed by atoms with Gasteiger partial charge < -0.3 is 15.4 Å². The monoisotopic (exact) mass is 523 g/mol. The quantitative estimate of drug-likeness (QED) is 0.431. The van der Waals surface area contributed by atoms with Crippen LogP contribution in [0, 0.1) is 0 Å². The largest absolute Gasteiger partial charge is 0.481 e. The van der Waals surface area contributed by atoms with Crippen LogP contribution in [0.3, 0.4) is 0 Å². The molecular weight excluding hydrogens is 490 g/mol. The molecular formula is C28H33N3O5S. The average Bonchev–Trinajstić information content (AvgIpc) is 2.83. The molecule has 0 saturated heterocycles. The lowest BCUT2D eigenvalue weighted by molar-refractivity contribution is -0.122. The highest BCUT2D eigenvalue weighted by Crippen LogP contribution is 2.24. The number of hydrogen-bond donors (Lipinski definition) is 2. The fourth-order valence-corrected chi connectivity index (χ4v) is 3.93. The molecule has 0 heterocycles. The number of carbonyl (C=O) groups is 2. The van der Waals surface area contributed by atoms with Gasteiger partial charge in [0.2, 0.25) is 10.0 Å². The van der Waals surface area contributed by atoms with Gasteiger partial charge in [0.25, 0.3) is 11.8 Å². The highest BCUT2D eigenvalue weighted by Gasteiger charge is 2.17. The van der Waals surface area contributed by atoms with Crippen molar-refractivity contribution in [3.63, 3.8) is 0 Å². The molecule has 8 nitrogen and oxygen atoms in total. The minimum absolute atomic E-state index is 0.000793. The summed E-state index contributed by atoms with van der Waals surface area (Å²) in [7, 11) is -1.91. The van der Waals surface area contributed by atoms with Gasteiger partial charge in [-0.3, -0.25) is 13.9 Å². The zero-order valence-corrected chi connectivity index (χ0v) is 22.7. The van der Waals surface area contributed by atoms with Crippen LogP contribution in [0.2, 0.25) is 0 Å². The standard InChI is InChI=1S/C28H33N3O5S/c1-19(36-25-16-14-24(15-17-25)31(5)37(6,34)35)26(32)29-22-8-7-9-23(18-22)30-27(33)20-10-12-21(13-11-20)28(2,3)4/h7-19H,1-6H3,(H,29,32)(H,30,33). The van der Waals surface area contributed by atoms with Crippen LogP contribution in [-0.2, 0) is 20.2 Å². The highest BCUT2D eigenvalue weighted by molar-refractivity contribution is 7.92. The minimum atomic E-state index is -3.37. The van der Waals surface area contributed by atoms with Crippen LogP contribution in [0.4, 0.5) is 17.1 Å². The molecule has 2 N–H and O–H groups in total. The third kappa shape index (κ3) is 7.57. The molecule has 1 unspecified atom stereocenters. The number of nitrogens with one attached hydrogen (secondary N) is 2. The van der Waals surface area contributed by atoms with E-state index in [1.807, 2.05) is 12.1 Å². The summed E-state index contributed by atoms with van der Waals surface area (Å²) in [5.41, 5.74) is 3.21. The van der Waals surface area contributed by atoms with E-state index in [-0.39, 0.29) is 17.2 Å². The minimum Gasteiger partial charge on any atom is -0.481 e. The molecule has 37 heavy (non-hydrogen) atoms. The van der Waals surface area contributed by atoms with Crippen LogP contribution < -0.4 is 19.7 Å². The number of anilines is 3. The van der Waals surface area contributed by atoms with Crippen LogP contribution in [0.5, 0.6) is 5.75 Å². The third-order valence-corrected chi connectivity index (χ3v) is 6.99. The van der Waals surface area contributed by atoms with Crippen molar-refractivity contribution in [1.82, 2.24) is 0 Å². The Hall–Kier alpha value is -3.85. The second-order valence-electron chi connectivity index (χ2n) is 9.84. The molecule has 0 aliphatic heterocycles. The molecule has 0 radical (unpaired) electrons. The SMILES string of the molecule is CC(Oc1ccc(N(C)S(C)(=O)=O)cc1)C(=O)Nc1cccc(NC(=O)c2ccc(C(C)(C)C)cc2)c1. The van der Waals surface area contributed by atoms with Crippen LogP contribution in [-0.4, -0.2) is 39.6 Å². The molecule has 9 heteroatoms. The third-order valence-electron chi connectivity index (χ3n) is 5.78. The van der Waals surface area contributed by atoms with E-state index in [0.717, 1.165) is 16.1 Å². The Morgan fingerprint density at radius 2 is 1.46 bits per heavy atom. The first-order chi connectivity index (χ1) is 17.2. The van der Waals surface area contributed by atoms with Crippen molar-refractivity contribution in [3.05, 3.63) is 83.9 Å². The molecule has 0 aliphatic carbocycles. The van der Waals surface area contributed by atoms with Gasteiger partial charge in [0.05, 0.1) is 11.9 Å². The van der Waals surface area contributed by atoms with Gasteiger partial charge >= 0.3 is 0 Å². The molecule has 0 bridgehead atoms. The number of benzene rings is 3. The molecule has 3 aromatic carbocycles. The van der Waals surface area contributed by atoms with Crippen LogP contribution >= 0.6 is 0 Å². The molecule has 2 amide bonds. The van der Waals surface area contributed by atoms with Gasteiger partial charge in [0, 0.05) is 24.0 Å². The zero-order valence-electron chi connectivity index (χ0n) is 21.9. The van der Waals surface area contributed by atoms with E-state index in [2.05, 4.69) is 31.4 Å². The molecule has 1 atom stereocenters. The van der Waals surface area contributed by atoms with Crippen molar-refractivity contribution in [2.45, 2.75) is 39.2 Å². The second kappa shape index (κ2) is 11.0. The Morgan fingerprint density at radius 1 is 0.892 bits per heavy atom. The number of ether oxygens (including phenoxy) is 1. The van der Waals surface area contributed by atoms with Gasteiger partial charge in [-0.2, -0.15) is 0 Å². The summed E-state index contributed by atoms with van der Waals surface area (Å²) in [5.74, 6) is -0.198. The average molecular weight is 524 g/mol. The summed E-state index contributed by atoms with van der Waals surface area (Å²) in [4.78, 5) is 25.4. The Balaban J connectivity index is 1.60. The zero-order chi connectivity index (χ0) is 27.4. The first-order valence-corrected chi connectivity index (χ1v) is 13.6. The number of nitrogens with zero attached hydrogens (tertiary/aromatic N) is 1. The summed E-state index contributed by atoms with van der Waals surface area (Å²) in [5, 5.41) is 5.64. The lowest BCUT2D eigenvalue weighted by Gasteiger charge is -2.19. The lowest BCUT2D eigenvalue weighted by Crippen LogP contribution is -2.30. The van der Waals surface area contributed by atoms with Gasteiger partial charge in [-0.05, 0) is 72.5 Å². The summed E-state index contributed by atoms with van der Waals surface area (Å²) >= 11 is 0. The number of rotatable bonds is 8. The number of hydrogen-bond acceptors (Lipinski definition) is 5. The molecule has 0 spiro atoms. The maximum Gasteiger partial charge on any atom is 0.265 e. The predicted molar refractivity (Wildman–Crippen MR) is 148 cm³/mol. The topological polar surface area (TPSA) is 105 Å². The number of amides is 2. The van der Waals surface area contributed by atoms with Crippen LogP contribution in [0.25, 0.3) is 0 Å². The van der Waals surface area contributed by atoms with Gasteiger partial charge in [0.15, 0.2) is 6.10 Å². The Morgan fingerprint density at radius 3 is 2.00 bits per heavy atom. The van der Waals surface area contributed by atoms with Crippen molar-refractivity contribution in [2.75, 3.05) is 28.2 Å². The fraction of sp³-hybridized carbons (Fsp3) is 0.286. The number of sulfonamides is 1. The van der Waals surface area contributed by atoms with Crippen molar-refractivity contribution in [3.8, 4) is 5.75 Å². The summed E-state index contributed by atoms with van der Waals surface area (Å²) in [6.07, 6.45) is 0.298. The predicted octanol–water partition coefficient (Wildman–Crippen LogP) is 5.04. The van der Waals surface area contributed by atoms with Gasteiger partial charge in [-0.1, -0.05) is 39.0 Å². The van der Waals surface area contributed by atoms with Crippen LogP contribution in [0.1, 0.15) is 43.6 Å². The van der Waals surface area contributed by atoms with E-state index < -0.39 is 16.1 Å². The van der Waals surface area contributed by atoms with Crippen molar-refractivity contribution in [1.29, 1.82) is 0 Å². The first-order valence-electron chi connectivity index (χ1n) is 11.8. The first kappa shape index (κ1) is 27.7. The highest BCUT2D eigenvalue weighted by atomic mass is 32.2. The van der Waals surface area contributed by atoms with E-state index >= 15 is 0 Å².